The highest BCUT2D eigenvalue weighted by atomic mass is 16.5. The maximum Gasteiger partial charge on any atom is 0.262 e. The predicted molar refractivity (Wildman–Crippen MR) is 112 cm³/mol. The van der Waals surface area contributed by atoms with Gasteiger partial charge in [-0.3, -0.25) is 9.69 Å². The molecule has 0 atom stereocenters. The minimum absolute atomic E-state index is 0.00759. The molecule has 2 aromatic rings. The van der Waals surface area contributed by atoms with Crippen LogP contribution in [0.2, 0.25) is 0 Å². The molecule has 1 aliphatic heterocycles. The second-order valence-electron chi connectivity index (χ2n) is 7.56. The fourth-order valence-electron chi connectivity index (χ4n) is 3.50. The van der Waals surface area contributed by atoms with Crippen LogP contribution in [0, 0.1) is 6.92 Å². The van der Waals surface area contributed by atoms with Crippen LogP contribution in [0.25, 0.3) is 0 Å². The van der Waals surface area contributed by atoms with Gasteiger partial charge in [0.15, 0.2) is 6.61 Å². The van der Waals surface area contributed by atoms with E-state index in [1.807, 2.05) is 30.3 Å². The molecule has 1 amide bonds. The van der Waals surface area contributed by atoms with E-state index in [2.05, 4.69) is 43.1 Å². The monoisotopic (exact) mass is 382 g/mol. The lowest BCUT2D eigenvalue weighted by molar-refractivity contribution is -0.118. The standard InChI is InChI=1S/C23H30N2O3/c1-17(2)21-9-8-20(14-18(21)3)28-16-23(26)24-22-7-5-4-6-19(22)15-25-10-12-27-13-11-25/h4-9,14,17H,10-13,15-16H2,1-3H3,(H,24,26). The number of nitrogens with one attached hydrogen (secondary N) is 1. The number of rotatable bonds is 7. The first-order chi connectivity index (χ1) is 13.5. The first-order valence-electron chi connectivity index (χ1n) is 9.94. The van der Waals surface area contributed by atoms with Crippen molar-refractivity contribution in [3.63, 3.8) is 0 Å². The summed E-state index contributed by atoms with van der Waals surface area (Å²) in [7, 11) is 0. The van der Waals surface area contributed by atoms with Crippen LogP contribution in [0.1, 0.15) is 36.5 Å². The van der Waals surface area contributed by atoms with E-state index in [9.17, 15) is 4.79 Å². The van der Waals surface area contributed by atoms with Crippen LogP contribution in [0.4, 0.5) is 5.69 Å². The SMILES string of the molecule is Cc1cc(OCC(=O)Nc2ccccc2CN2CCOCC2)ccc1C(C)C. The second-order valence-corrected chi connectivity index (χ2v) is 7.56. The van der Waals surface area contributed by atoms with Gasteiger partial charge in [-0.15, -0.1) is 0 Å². The van der Waals surface area contributed by atoms with E-state index in [1.165, 1.54) is 11.1 Å². The lowest BCUT2D eigenvalue weighted by Gasteiger charge is -2.27. The summed E-state index contributed by atoms with van der Waals surface area (Å²) in [6, 6.07) is 13.9. The molecular formula is C23H30N2O3. The first kappa shape index (κ1) is 20.4. The van der Waals surface area contributed by atoms with Gasteiger partial charge < -0.3 is 14.8 Å². The molecule has 0 aromatic heterocycles. The molecule has 0 radical (unpaired) electrons. The summed E-state index contributed by atoms with van der Waals surface area (Å²) in [5, 5.41) is 2.99. The van der Waals surface area contributed by atoms with Gasteiger partial charge in [0.1, 0.15) is 5.75 Å². The Morgan fingerprint density at radius 1 is 1.18 bits per heavy atom. The van der Waals surface area contributed by atoms with Crippen molar-refractivity contribution in [3.8, 4) is 5.75 Å². The molecule has 2 aromatic carbocycles. The van der Waals surface area contributed by atoms with Crippen molar-refractivity contribution in [2.45, 2.75) is 33.2 Å². The van der Waals surface area contributed by atoms with E-state index in [1.54, 1.807) is 0 Å². The van der Waals surface area contributed by atoms with Crippen LogP contribution in [0.5, 0.6) is 5.75 Å². The van der Waals surface area contributed by atoms with Gasteiger partial charge in [-0.2, -0.15) is 0 Å². The highest BCUT2D eigenvalue weighted by Crippen LogP contribution is 2.23. The first-order valence-corrected chi connectivity index (χ1v) is 9.94. The molecule has 150 valence electrons. The van der Waals surface area contributed by atoms with Crippen LogP contribution >= 0.6 is 0 Å². The van der Waals surface area contributed by atoms with Gasteiger partial charge in [0, 0.05) is 25.3 Å². The van der Waals surface area contributed by atoms with E-state index >= 15 is 0 Å². The Balaban J connectivity index is 1.57. The van der Waals surface area contributed by atoms with E-state index in [0.717, 1.165) is 49.8 Å². The number of aryl methyl sites for hydroxylation is 1. The van der Waals surface area contributed by atoms with Crippen molar-refractivity contribution in [1.29, 1.82) is 0 Å². The van der Waals surface area contributed by atoms with Gasteiger partial charge in [0.25, 0.3) is 5.91 Å². The predicted octanol–water partition coefficient (Wildman–Crippen LogP) is 3.97. The highest BCUT2D eigenvalue weighted by molar-refractivity contribution is 5.92. The average Bonchev–Trinajstić information content (AvgIpc) is 2.68. The Kier molecular flexibility index (Phi) is 7.06. The highest BCUT2D eigenvalue weighted by Gasteiger charge is 2.14. The molecular weight excluding hydrogens is 352 g/mol. The van der Waals surface area contributed by atoms with Crippen molar-refractivity contribution in [2.75, 3.05) is 38.2 Å². The third-order valence-corrected chi connectivity index (χ3v) is 5.02. The topological polar surface area (TPSA) is 50.8 Å². The Bertz CT molecular complexity index is 798. The fraction of sp³-hybridized carbons (Fsp3) is 0.435. The molecule has 1 saturated heterocycles. The largest absolute Gasteiger partial charge is 0.484 e. The summed E-state index contributed by atoms with van der Waals surface area (Å²) < 4.78 is 11.1. The third kappa shape index (κ3) is 5.57. The molecule has 5 nitrogen and oxygen atoms in total. The summed E-state index contributed by atoms with van der Waals surface area (Å²) in [5.74, 6) is 1.04. The van der Waals surface area contributed by atoms with Crippen molar-refractivity contribution >= 4 is 11.6 Å². The molecule has 0 spiro atoms. The summed E-state index contributed by atoms with van der Waals surface area (Å²) in [4.78, 5) is 14.8. The fourth-order valence-corrected chi connectivity index (χ4v) is 3.50. The zero-order valence-electron chi connectivity index (χ0n) is 17.0. The van der Waals surface area contributed by atoms with Crippen LogP contribution in [0.3, 0.4) is 0 Å². The number of carbonyl (C=O) groups is 1. The summed E-state index contributed by atoms with van der Waals surface area (Å²) in [6.07, 6.45) is 0. The molecule has 1 N–H and O–H groups in total. The number of hydrogen-bond donors (Lipinski definition) is 1. The Hall–Kier alpha value is -2.37. The van der Waals surface area contributed by atoms with Gasteiger partial charge in [0.05, 0.1) is 13.2 Å². The van der Waals surface area contributed by atoms with Gasteiger partial charge in [0.2, 0.25) is 0 Å². The molecule has 3 rings (SSSR count). The average molecular weight is 383 g/mol. The maximum absolute atomic E-state index is 12.4. The number of nitrogens with zero attached hydrogens (tertiary/aromatic N) is 1. The lowest BCUT2D eigenvalue weighted by Crippen LogP contribution is -2.36. The number of anilines is 1. The van der Waals surface area contributed by atoms with E-state index in [4.69, 9.17) is 9.47 Å². The Morgan fingerprint density at radius 2 is 1.93 bits per heavy atom. The van der Waals surface area contributed by atoms with Crippen molar-refractivity contribution in [2.24, 2.45) is 0 Å². The normalized spacial score (nSPS) is 14.9. The number of ether oxygens (including phenoxy) is 2. The van der Waals surface area contributed by atoms with E-state index in [-0.39, 0.29) is 12.5 Å². The van der Waals surface area contributed by atoms with Crippen LogP contribution in [-0.4, -0.2) is 43.7 Å². The minimum atomic E-state index is -0.153. The second kappa shape index (κ2) is 9.71. The number of morpholine rings is 1. The Morgan fingerprint density at radius 3 is 2.64 bits per heavy atom. The number of benzene rings is 2. The molecule has 1 heterocycles. The molecule has 0 unspecified atom stereocenters. The maximum atomic E-state index is 12.4. The van der Waals surface area contributed by atoms with Gasteiger partial charge in [-0.05, 0) is 47.7 Å². The number of amides is 1. The quantitative estimate of drug-likeness (QED) is 0.787. The molecule has 0 saturated carbocycles. The van der Waals surface area contributed by atoms with Gasteiger partial charge in [-0.1, -0.05) is 38.1 Å². The molecule has 0 aliphatic carbocycles. The Labute approximate surface area is 167 Å². The zero-order chi connectivity index (χ0) is 19.9. The third-order valence-electron chi connectivity index (χ3n) is 5.02. The van der Waals surface area contributed by atoms with Gasteiger partial charge >= 0.3 is 0 Å². The number of para-hydroxylation sites is 1. The smallest absolute Gasteiger partial charge is 0.262 e. The summed E-state index contributed by atoms with van der Waals surface area (Å²) in [5.41, 5.74) is 4.43. The minimum Gasteiger partial charge on any atom is -0.484 e. The van der Waals surface area contributed by atoms with Crippen LogP contribution in [-0.2, 0) is 16.1 Å². The molecule has 28 heavy (non-hydrogen) atoms. The molecule has 1 fully saturated rings. The molecule has 0 bridgehead atoms. The lowest BCUT2D eigenvalue weighted by atomic mass is 9.98. The van der Waals surface area contributed by atoms with Gasteiger partial charge in [-0.25, -0.2) is 0 Å². The van der Waals surface area contributed by atoms with Crippen LogP contribution in [0.15, 0.2) is 42.5 Å². The van der Waals surface area contributed by atoms with Crippen molar-refractivity contribution < 1.29 is 14.3 Å². The molecule has 5 heteroatoms. The number of carbonyl (C=O) groups excluding carboxylic acids is 1. The number of hydrogen-bond acceptors (Lipinski definition) is 4. The van der Waals surface area contributed by atoms with Crippen LogP contribution < -0.4 is 10.1 Å². The van der Waals surface area contributed by atoms with E-state index < -0.39 is 0 Å². The van der Waals surface area contributed by atoms with Crippen molar-refractivity contribution in [3.05, 3.63) is 59.2 Å². The summed E-state index contributed by atoms with van der Waals surface area (Å²) >= 11 is 0. The van der Waals surface area contributed by atoms with E-state index in [0.29, 0.717) is 5.92 Å². The zero-order valence-corrected chi connectivity index (χ0v) is 17.0. The summed E-state index contributed by atoms with van der Waals surface area (Å²) in [6.45, 7) is 10.6. The molecule has 1 aliphatic rings. The van der Waals surface area contributed by atoms with Crippen molar-refractivity contribution in [1.82, 2.24) is 4.90 Å².